The van der Waals surface area contributed by atoms with Gasteiger partial charge < -0.3 is 18.8 Å². The molecule has 0 spiro atoms. The molecule has 0 saturated carbocycles. The van der Waals surface area contributed by atoms with Crippen LogP contribution in [0.1, 0.15) is 24.0 Å². The van der Waals surface area contributed by atoms with Crippen molar-refractivity contribution in [3.05, 3.63) is 94.7 Å². The smallest absolute Gasteiger partial charge is 0.439 e. The van der Waals surface area contributed by atoms with Gasteiger partial charge in [0.25, 0.3) is 0 Å². The maximum absolute atomic E-state index is 13.0. The number of piperidine rings is 1. The van der Waals surface area contributed by atoms with E-state index in [0.717, 1.165) is 18.2 Å². The lowest BCUT2D eigenvalue weighted by Gasteiger charge is -2.41. The third-order valence-corrected chi connectivity index (χ3v) is 8.94. The Bertz CT molecular complexity index is 1600. The van der Waals surface area contributed by atoms with Gasteiger partial charge in [-0.3, -0.25) is 0 Å². The summed E-state index contributed by atoms with van der Waals surface area (Å²) in [5.41, 5.74) is 4.32. The van der Waals surface area contributed by atoms with Crippen molar-refractivity contribution in [3.8, 4) is 5.75 Å². The number of sulfonamides is 1. The summed E-state index contributed by atoms with van der Waals surface area (Å²) in [6.07, 6.45) is 2.97. The predicted octanol–water partition coefficient (Wildman–Crippen LogP) is 4.34. The first kappa shape index (κ1) is 26.9. The highest BCUT2D eigenvalue weighted by Gasteiger charge is 2.33. The molecule has 2 aliphatic heterocycles. The summed E-state index contributed by atoms with van der Waals surface area (Å²) in [7, 11) is -1.91. The first-order valence-electron chi connectivity index (χ1n) is 12.8. The molecule has 0 N–H and O–H groups in total. The Kier molecular flexibility index (Phi) is 7.97. The monoisotopic (exact) mass is 549 g/mol. The molecule has 0 bridgehead atoms. The number of para-hydroxylation sites is 1. The molecule has 0 atom stereocenters. The summed E-state index contributed by atoms with van der Waals surface area (Å²) < 4.78 is 43.0. The van der Waals surface area contributed by atoms with E-state index in [9.17, 15) is 13.2 Å². The van der Waals surface area contributed by atoms with Crippen molar-refractivity contribution >= 4 is 26.6 Å². The Hall–Kier alpha value is -3.73. The van der Waals surface area contributed by atoms with Crippen molar-refractivity contribution in [1.29, 1.82) is 0 Å². The number of anilines is 1. The summed E-state index contributed by atoms with van der Waals surface area (Å²) in [6, 6.07) is 20.6. The first-order chi connectivity index (χ1) is 18.8. The van der Waals surface area contributed by atoms with Gasteiger partial charge in [-0.1, -0.05) is 29.8 Å². The van der Waals surface area contributed by atoms with E-state index < -0.39 is 15.8 Å². The number of aromatic nitrogens is 1. The average molecular weight is 550 g/mol. The predicted molar refractivity (Wildman–Crippen MR) is 148 cm³/mol. The van der Waals surface area contributed by atoms with Gasteiger partial charge in [0, 0.05) is 35.8 Å². The zero-order valence-electron chi connectivity index (χ0n) is 21.9. The van der Waals surface area contributed by atoms with Crippen LogP contribution in [0.3, 0.4) is 0 Å². The number of hydrogen-bond donors (Lipinski definition) is 0. The van der Waals surface area contributed by atoms with E-state index in [1.807, 2.05) is 18.2 Å². The van der Waals surface area contributed by atoms with E-state index in [4.69, 9.17) is 9.47 Å². The molecule has 0 radical (unpaired) electrons. The fraction of sp³-hybridized carbons (Fsp3) is 0.310. The molecular formula is C29H31N3O6S. The minimum absolute atomic E-state index is 0.282. The van der Waals surface area contributed by atoms with Gasteiger partial charge in [0.1, 0.15) is 18.7 Å². The Labute approximate surface area is 227 Å². The number of fused-ring (bicyclic) bond motifs is 2. The summed E-state index contributed by atoms with van der Waals surface area (Å²) in [5, 5.41) is 0.840. The number of methoxy groups -OCH3 is 1. The summed E-state index contributed by atoms with van der Waals surface area (Å²) in [6.45, 7) is 4.30. The zero-order valence-corrected chi connectivity index (χ0v) is 22.8. The van der Waals surface area contributed by atoms with Crippen molar-refractivity contribution in [3.63, 3.8) is 0 Å². The van der Waals surface area contributed by atoms with Gasteiger partial charge in [-0.25, -0.2) is 13.2 Å². The van der Waals surface area contributed by atoms with Crippen molar-refractivity contribution < 1.29 is 22.3 Å². The lowest BCUT2D eigenvalue weighted by molar-refractivity contribution is 0.0987. The second-order valence-electron chi connectivity index (χ2n) is 9.56. The number of rotatable bonds is 4. The van der Waals surface area contributed by atoms with E-state index in [0.29, 0.717) is 42.6 Å². The molecule has 0 aliphatic carbocycles. The zero-order chi connectivity index (χ0) is 27.4. The van der Waals surface area contributed by atoms with Crippen LogP contribution in [-0.2, 0) is 21.4 Å². The second-order valence-corrected chi connectivity index (χ2v) is 11.5. The average Bonchev–Trinajstić information content (AvgIpc) is 2.97. The van der Waals surface area contributed by atoms with Crippen molar-refractivity contribution in [2.75, 3.05) is 31.8 Å². The SMILES string of the molecule is COc1ccc(S(=O)(=O)N2CCC(N3COCc4cc(C)ccc43)CC2)cc1.O=c1nc2ccccc2co1. The minimum atomic E-state index is -3.48. The lowest BCUT2D eigenvalue weighted by Crippen LogP contribution is -2.48. The molecule has 4 aromatic rings. The minimum Gasteiger partial charge on any atom is -0.497 e. The Balaban J connectivity index is 0.000000233. The maximum atomic E-state index is 13.0. The fourth-order valence-electron chi connectivity index (χ4n) is 4.95. The number of benzene rings is 3. The number of aryl methyl sites for hydroxylation is 1. The number of ether oxygens (including phenoxy) is 2. The van der Waals surface area contributed by atoms with Crippen molar-refractivity contribution in [2.45, 2.75) is 37.3 Å². The van der Waals surface area contributed by atoms with Crippen LogP contribution in [-0.4, -0.2) is 50.7 Å². The summed E-state index contributed by atoms with van der Waals surface area (Å²) >= 11 is 0. The van der Waals surface area contributed by atoms with Gasteiger partial charge in [0.15, 0.2) is 0 Å². The van der Waals surface area contributed by atoms with Crippen molar-refractivity contribution in [1.82, 2.24) is 9.29 Å². The highest BCUT2D eigenvalue weighted by molar-refractivity contribution is 7.89. The van der Waals surface area contributed by atoms with E-state index in [-0.39, 0.29) is 6.04 Å². The molecular weight excluding hydrogens is 518 g/mol. The fourth-order valence-corrected chi connectivity index (χ4v) is 6.42. The highest BCUT2D eigenvalue weighted by Crippen LogP contribution is 2.32. The third-order valence-electron chi connectivity index (χ3n) is 7.03. The highest BCUT2D eigenvalue weighted by atomic mass is 32.2. The normalized spacial score (nSPS) is 16.3. The van der Waals surface area contributed by atoms with E-state index in [1.165, 1.54) is 23.1 Å². The Morgan fingerprint density at radius 1 is 1.00 bits per heavy atom. The third kappa shape index (κ3) is 5.98. The lowest BCUT2D eigenvalue weighted by atomic mass is 10.0. The number of nitrogens with zero attached hydrogens (tertiary/aromatic N) is 3. The topological polar surface area (TPSA) is 102 Å². The summed E-state index contributed by atoms with van der Waals surface area (Å²) in [5.74, 6) is 0.0976. The molecule has 9 nitrogen and oxygen atoms in total. The van der Waals surface area contributed by atoms with E-state index >= 15 is 0 Å². The maximum Gasteiger partial charge on any atom is 0.439 e. The molecule has 6 rings (SSSR count). The number of hydrogen-bond acceptors (Lipinski definition) is 8. The van der Waals surface area contributed by atoms with Crippen LogP contribution >= 0.6 is 0 Å². The molecule has 2 aliphatic rings. The molecule has 204 valence electrons. The molecule has 3 aromatic carbocycles. The first-order valence-corrected chi connectivity index (χ1v) is 14.2. The molecule has 1 saturated heterocycles. The Morgan fingerprint density at radius 2 is 1.74 bits per heavy atom. The van der Waals surface area contributed by atoms with Crippen LogP contribution in [0, 0.1) is 6.92 Å². The van der Waals surface area contributed by atoms with Crippen LogP contribution in [0.5, 0.6) is 5.75 Å². The molecule has 1 fully saturated rings. The molecule has 1 aromatic heterocycles. The molecule has 3 heterocycles. The largest absolute Gasteiger partial charge is 0.497 e. The van der Waals surface area contributed by atoms with Crippen LogP contribution in [0.2, 0.25) is 0 Å². The van der Waals surface area contributed by atoms with Crippen molar-refractivity contribution in [2.24, 2.45) is 0 Å². The molecule has 0 unspecified atom stereocenters. The van der Waals surface area contributed by atoms with Crippen LogP contribution in [0.15, 0.2) is 87.1 Å². The van der Waals surface area contributed by atoms with Gasteiger partial charge in [-0.15, -0.1) is 0 Å². The van der Waals surface area contributed by atoms with Gasteiger partial charge in [-0.2, -0.15) is 9.29 Å². The van der Waals surface area contributed by atoms with Gasteiger partial charge in [-0.05, 0) is 62.2 Å². The van der Waals surface area contributed by atoms with Crippen LogP contribution in [0.4, 0.5) is 5.69 Å². The van der Waals surface area contributed by atoms with Gasteiger partial charge >= 0.3 is 5.76 Å². The quantitative estimate of drug-likeness (QED) is 0.371. The molecule has 0 amide bonds. The van der Waals surface area contributed by atoms with Gasteiger partial charge in [0.05, 0.1) is 24.1 Å². The van der Waals surface area contributed by atoms with E-state index in [2.05, 4.69) is 39.4 Å². The summed E-state index contributed by atoms with van der Waals surface area (Å²) in [4.78, 5) is 16.9. The second kappa shape index (κ2) is 11.6. The Morgan fingerprint density at radius 3 is 2.49 bits per heavy atom. The van der Waals surface area contributed by atoms with Gasteiger partial charge in [0.2, 0.25) is 10.0 Å². The standard InChI is InChI=1S/C21H26N2O4S.C8H5NO2/c1-16-3-8-21-17(13-16)14-27-15-23(21)18-9-11-22(12-10-18)28(24,25)20-6-4-19(26-2)5-7-20;10-8-9-7-4-2-1-3-6(7)5-11-8/h3-8,13,18H,9-12,14-15H2,1-2H3;1-5H. The van der Waals surface area contributed by atoms with Crippen LogP contribution < -0.4 is 15.4 Å². The molecule has 10 heteroatoms. The molecule has 39 heavy (non-hydrogen) atoms. The van der Waals surface area contributed by atoms with Crippen LogP contribution in [0.25, 0.3) is 10.9 Å². The van der Waals surface area contributed by atoms with E-state index in [1.54, 1.807) is 41.7 Å².